The second-order valence-electron chi connectivity index (χ2n) is 8.70. The van der Waals surface area contributed by atoms with E-state index in [1.807, 2.05) is 43.3 Å². The van der Waals surface area contributed by atoms with Gasteiger partial charge in [0.2, 0.25) is 0 Å². The third-order valence-electron chi connectivity index (χ3n) is 5.75. The number of aryl methyl sites for hydroxylation is 2. The molecule has 0 fully saturated rings. The van der Waals surface area contributed by atoms with Crippen LogP contribution in [-0.4, -0.2) is 22.5 Å². The zero-order valence-corrected chi connectivity index (χ0v) is 24.3. The molecule has 0 saturated carbocycles. The molecule has 0 saturated heterocycles. The molecule has 0 N–H and O–H groups in total. The molecule has 0 amide bonds. The predicted molar refractivity (Wildman–Crippen MR) is 156 cm³/mol. The second kappa shape index (κ2) is 12.5. The molecule has 1 aromatic heterocycles. The zero-order valence-electron chi connectivity index (χ0n) is 21.1. The van der Waals surface area contributed by atoms with Crippen molar-refractivity contribution in [3.63, 3.8) is 0 Å². The summed E-state index contributed by atoms with van der Waals surface area (Å²) >= 11 is 7.08. The molecule has 4 aromatic rings. The average molecular weight is 627 g/mol. The summed E-state index contributed by atoms with van der Waals surface area (Å²) in [6.45, 7) is 7.00. The highest BCUT2D eigenvalue weighted by atomic mass is 79.9. The molecular weight excluding hydrogens is 598 g/mol. The highest BCUT2D eigenvalue weighted by molar-refractivity contribution is 9.10. The van der Waals surface area contributed by atoms with Gasteiger partial charge in [-0.15, -0.1) is 0 Å². The fourth-order valence-corrected chi connectivity index (χ4v) is 4.89. The minimum absolute atomic E-state index is 0.198. The Labute approximate surface area is 233 Å². The highest BCUT2D eigenvalue weighted by Gasteiger charge is 2.14. The largest absolute Gasteiger partial charge is 0.490 e. The Balaban J connectivity index is 1.69. The Bertz CT molecular complexity index is 1500. The number of unbranched alkanes of at least 4 members (excludes halogenated alkanes) is 1. The summed E-state index contributed by atoms with van der Waals surface area (Å²) in [6, 6.07) is 17.5. The van der Waals surface area contributed by atoms with Gasteiger partial charge in [0.25, 0.3) is 5.56 Å². The Morgan fingerprint density at radius 2 is 1.89 bits per heavy atom. The standard InChI is InChI=1S/C29H29Br2N3O3/c1-4-6-10-27-33-25-12-11-22(30)16-23(25)29(35)34(27)32-17-21-14-24(31)28(26(15-21)36-5-2)37-18-20-9-7-8-19(3)13-20/h7-9,11-17H,4-6,10,18H2,1-3H3. The van der Waals surface area contributed by atoms with Gasteiger partial charge in [-0.05, 0) is 77.7 Å². The van der Waals surface area contributed by atoms with Crippen LogP contribution in [0, 0.1) is 6.92 Å². The third-order valence-corrected chi connectivity index (χ3v) is 6.83. The van der Waals surface area contributed by atoms with E-state index in [9.17, 15) is 4.79 Å². The van der Waals surface area contributed by atoms with Crippen LogP contribution < -0.4 is 15.0 Å². The first-order valence-electron chi connectivity index (χ1n) is 12.3. The number of nitrogens with zero attached hydrogens (tertiary/aromatic N) is 3. The molecule has 8 heteroatoms. The molecule has 6 nitrogen and oxygen atoms in total. The van der Waals surface area contributed by atoms with Gasteiger partial charge in [0.05, 0.1) is 28.2 Å². The second-order valence-corrected chi connectivity index (χ2v) is 10.5. The molecule has 37 heavy (non-hydrogen) atoms. The Morgan fingerprint density at radius 3 is 2.65 bits per heavy atom. The Morgan fingerprint density at radius 1 is 1.05 bits per heavy atom. The van der Waals surface area contributed by atoms with E-state index in [2.05, 4.69) is 62.9 Å². The number of aromatic nitrogens is 2. The smallest absolute Gasteiger partial charge is 0.282 e. The van der Waals surface area contributed by atoms with Crippen LogP contribution in [-0.2, 0) is 13.0 Å². The van der Waals surface area contributed by atoms with E-state index < -0.39 is 0 Å². The van der Waals surface area contributed by atoms with E-state index in [1.54, 1.807) is 12.3 Å². The van der Waals surface area contributed by atoms with Gasteiger partial charge in [0, 0.05) is 10.9 Å². The minimum atomic E-state index is -0.198. The summed E-state index contributed by atoms with van der Waals surface area (Å²) in [5.41, 5.74) is 3.49. The Kier molecular flexibility index (Phi) is 9.16. The van der Waals surface area contributed by atoms with Gasteiger partial charge >= 0.3 is 0 Å². The Hall–Kier alpha value is -2.97. The van der Waals surface area contributed by atoms with E-state index in [0.29, 0.717) is 47.9 Å². The van der Waals surface area contributed by atoms with Crippen molar-refractivity contribution in [2.75, 3.05) is 6.61 Å². The zero-order chi connectivity index (χ0) is 26.4. The van der Waals surface area contributed by atoms with E-state index in [-0.39, 0.29) is 5.56 Å². The normalized spacial score (nSPS) is 11.4. The number of ether oxygens (including phenoxy) is 2. The van der Waals surface area contributed by atoms with Crippen molar-refractivity contribution in [2.24, 2.45) is 5.10 Å². The summed E-state index contributed by atoms with van der Waals surface area (Å²) in [5.74, 6) is 1.86. The van der Waals surface area contributed by atoms with Crippen molar-refractivity contribution in [1.29, 1.82) is 0 Å². The van der Waals surface area contributed by atoms with Gasteiger partial charge in [-0.1, -0.05) is 59.1 Å². The molecule has 3 aromatic carbocycles. The van der Waals surface area contributed by atoms with E-state index >= 15 is 0 Å². The van der Waals surface area contributed by atoms with Crippen LogP contribution in [0.4, 0.5) is 0 Å². The lowest BCUT2D eigenvalue weighted by Gasteiger charge is -2.15. The molecule has 0 aliphatic rings. The van der Waals surface area contributed by atoms with Gasteiger partial charge < -0.3 is 9.47 Å². The first-order chi connectivity index (χ1) is 17.9. The quantitative estimate of drug-likeness (QED) is 0.172. The van der Waals surface area contributed by atoms with Crippen molar-refractivity contribution < 1.29 is 9.47 Å². The lowest BCUT2D eigenvalue weighted by atomic mass is 10.1. The van der Waals surface area contributed by atoms with Crippen LogP contribution in [0.2, 0.25) is 0 Å². The predicted octanol–water partition coefficient (Wildman–Crippen LogP) is 7.43. The lowest BCUT2D eigenvalue weighted by Crippen LogP contribution is -2.22. The number of fused-ring (bicyclic) bond motifs is 1. The molecule has 0 aliphatic heterocycles. The lowest BCUT2D eigenvalue weighted by molar-refractivity contribution is 0.267. The van der Waals surface area contributed by atoms with Gasteiger partial charge in [-0.3, -0.25) is 4.79 Å². The summed E-state index contributed by atoms with van der Waals surface area (Å²) in [6.07, 6.45) is 4.22. The fourth-order valence-electron chi connectivity index (χ4n) is 3.96. The number of rotatable bonds is 10. The van der Waals surface area contributed by atoms with Gasteiger partial charge in [0.15, 0.2) is 11.5 Å². The summed E-state index contributed by atoms with van der Waals surface area (Å²) in [4.78, 5) is 18.1. The van der Waals surface area contributed by atoms with Crippen LogP contribution in [0.25, 0.3) is 10.9 Å². The van der Waals surface area contributed by atoms with Crippen LogP contribution in [0.3, 0.4) is 0 Å². The maximum absolute atomic E-state index is 13.4. The van der Waals surface area contributed by atoms with Crippen molar-refractivity contribution in [3.8, 4) is 11.5 Å². The van der Waals surface area contributed by atoms with Crippen molar-refractivity contribution >= 4 is 49.0 Å². The summed E-state index contributed by atoms with van der Waals surface area (Å²) < 4.78 is 15.0. The minimum Gasteiger partial charge on any atom is -0.490 e. The van der Waals surface area contributed by atoms with Crippen LogP contribution in [0.1, 0.15) is 49.2 Å². The van der Waals surface area contributed by atoms with Crippen molar-refractivity contribution in [1.82, 2.24) is 9.66 Å². The van der Waals surface area contributed by atoms with Crippen LogP contribution in [0.5, 0.6) is 11.5 Å². The molecule has 192 valence electrons. The molecule has 0 aliphatic carbocycles. The molecule has 1 heterocycles. The monoisotopic (exact) mass is 625 g/mol. The maximum Gasteiger partial charge on any atom is 0.282 e. The van der Waals surface area contributed by atoms with E-state index in [4.69, 9.17) is 14.5 Å². The molecule has 4 rings (SSSR count). The molecule has 0 unspecified atom stereocenters. The average Bonchev–Trinajstić information content (AvgIpc) is 2.87. The first kappa shape index (κ1) is 27.1. The SMILES string of the molecule is CCCCc1nc2ccc(Br)cc2c(=O)n1N=Cc1cc(Br)c(OCc2cccc(C)c2)c(OCC)c1. The summed E-state index contributed by atoms with van der Waals surface area (Å²) in [7, 11) is 0. The molecule has 0 spiro atoms. The molecule has 0 radical (unpaired) electrons. The molecule has 0 bridgehead atoms. The number of benzene rings is 3. The van der Waals surface area contributed by atoms with Crippen molar-refractivity contribution in [3.05, 3.63) is 96.4 Å². The fraction of sp³-hybridized carbons (Fsp3) is 0.276. The van der Waals surface area contributed by atoms with Gasteiger partial charge in [-0.2, -0.15) is 9.78 Å². The molecular formula is C29H29Br2N3O3. The van der Waals surface area contributed by atoms with Crippen LogP contribution >= 0.6 is 31.9 Å². The number of hydrogen-bond donors (Lipinski definition) is 0. The van der Waals surface area contributed by atoms with E-state index in [1.165, 1.54) is 10.2 Å². The molecule has 0 atom stereocenters. The van der Waals surface area contributed by atoms with Crippen molar-refractivity contribution in [2.45, 2.75) is 46.6 Å². The van der Waals surface area contributed by atoms with Crippen LogP contribution in [0.15, 0.2) is 73.4 Å². The maximum atomic E-state index is 13.4. The van der Waals surface area contributed by atoms with Gasteiger partial charge in [0.1, 0.15) is 12.4 Å². The third kappa shape index (κ3) is 6.67. The van der Waals surface area contributed by atoms with Gasteiger partial charge in [-0.25, -0.2) is 4.98 Å². The number of hydrogen-bond acceptors (Lipinski definition) is 5. The summed E-state index contributed by atoms with van der Waals surface area (Å²) in [5, 5.41) is 5.08. The van der Waals surface area contributed by atoms with E-state index in [0.717, 1.165) is 32.9 Å². The highest BCUT2D eigenvalue weighted by Crippen LogP contribution is 2.37. The number of halogens is 2. The first-order valence-corrected chi connectivity index (χ1v) is 13.9. The topological polar surface area (TPSA) is 65.7 Å².